The van der Waals surface area contributed by atoms with Crippen LogP contribution in [0.4, 0.5) is 13.2 Å². The number of nitrogens with zero attached hydrogens (tertiary/aromatic N) is 3. The van der Waals surface area contributed by atoms with Crippen molar-refractivity contribution in [1.82, 2.24) is 14.8 Å². The van der Waals surface area contributed by atoms with Gasteiger partial charge in [-0.05, 0) is 28.1 Å². The fraction of sp³-hybridized carbons (Fsp3) is 0.111. The summed E-state index contributed by atoms with van der Waals surface area (Å²) < 4.78 is 38.6. The van der Waals surface area contributed by atoms with Crippen LogP contribution in [0, 0.1) is 0 Å². The summed E-state index contributed by atoms with van der Waals surface area (Å²) in [7, 11) is 0. The van der Waals surface area contributed by atoms with Crippen molar-refractivity contribution in [2.45, 2.75) is 6.18 Å². The van der Waals surface area contributed by atoms with Crippen LogP contribution in [0.15, 0.2) is 35.2 Å². The van der Waals surface area contributed by atoms with E-state index in [9.17, 15) is 13.2 Å². The first kappa shape index (κ1) is 11.1. The Morgan fingerprint density at radius 3 is 2.62 bits per heavy atom. The van der Waals surface area contributed by atoms with Gasteiger partial charge < -0.3 is 0 Å². The van der Waals surface area contributed by atoms with Gasteiger partial charge in [0.2, 0.25) is 0 Å². The largest absolute Gasteiger partial charge is 0.419 e. The van der Waals surface area contributed by atoms with Crippen molar-refractivity contribution in [2.24, 2.45) is 0 Å². The molecule has 0 aromatic carbocycles. The third kappa shape index (κ3) is 2.08. The van der Waals surface area contributed by atoms with Crippen LogP contribution in [-0.2, 0) is 6.18 Å². The minimum Gasteiger partial charge on any atom is -0.236 e. The molecule has 2 aromatic rings. The molecule has 0 aliphatic carbocycles. The molecule has 0 radical (unpaired) electrons. The molecule has 0 amide bonds. The predicted octanol–water partition coefficient (Wildman–Crippen LogP) is 3.05. The highest BCUT2D eigenvalue weighted by Crippen LogP contribution is 2.29. The molecule has 0 fully saturated rings. The summed E-state index contributed by atoms with van der Waals surface area (Å²) in [5, 5.41) is 3.62. The van der Waals surface area contributed by atoms with Crippen molar-refractivity contribution < 1.29 is 13.2 Å². The number of alkyl halides is 3. The van der Waals surface area contributed by atoms with E-state index in [0.29, 0.717) is 10.3 Å². The number of rotatable bonds is 1. The van der Waals surface area contributed by atoms with Crippen LogP contribution in [-0.4, -0.2) is 14.8 Å². The molecule has 3 nitrogen and oxygen atoms in total. The number of pyridine rings is 1. The van der Waals surface area contributed by atoms with Crippen molar-refractivity contribution in [3.8, 4) is 5.82 Å². The standard InChI is InChI=1S/C9H5BrF3N3/c10-7-2-1-3-14-8(7)16-5-6(4-15-16)9(11,12)13/h1-5H. The average Bonchev–Trinajstić information content (AvgIpc) is 2.66. The quantitative estimate of drug-likeness (QED) is 0.808. The van der Waals surface area contributed by atoms with E-state index in [1.54, 1.807) is 12.1 Å². The maximum absolute atomic E-state index is 12.3. The number of hydrogen-bond donors (Lipinski definition) is 0. The molecule has 0 aliphatic heterocycles. The van der Waals surface area contributed by atoms with Gasteiger partial charge in [-0.3, -0.25) is 0 Å². The summed E-state index contributed by atoms with van der Waals surface area (Å²) in [5.41, 5.74) is -0.801. The summed E-state index contributed by atoms with van der Waals surface area (Å²) in [6.07, 6.45) is -1.25. The Morgan fingerprint density at radius 1 is 1.31 bits per heavy atom. The smallest absolute Gasteiger partial charge is 0.236 e. The fourth-order valence-corrected chi connectivity index (χ4v) is 1.57. The summed E-state index contributed by atoms with van der Waals surface area (Å²) in [5.74, 6) is 0.318. The van der Waals surface area contributed by atoms with Crippen LogP contribution in [0.3, 0.4) is 0 Å². The molecule has 16 heavy (non-hydrogen) atoms. The zero-order valence-corrected chi connectivity index (χ0v) is 9.33. The highest BCUT2D eigenvalue weighted by atomic mass is 79.9. The van der Waals surface area contributed by atoms with E-state index in [-0.39, 0.29) is 0 Å². The normalized spacial score (nSPS) is 11.8. The molecule has 0 atom stereocenters. The van der Waals surface area contributed by atoms with Crippen LogP contribution in [0.5, 0.6) is 0 Å². The van der Waals surface area contributed by atoms with Gasteiger partial charge in [-0.2, -0.15) is 18.3 Å². The van der Waals surface area contributed by atoms with Crippen molar-refractivity contribution in [3.05, 3.63) is 40.8 Å². The minimum absolute atomic E-state index is 0.318. The first-order valence-electron chi connectivity index (χ1n) is 4.21. The van der Waals surface area contributed by atoms with E-state index in [1.165, 1.54) is 6.20 Å². The fourth-order valence-electron chi connectivity index (χ4n) is 1.13. The predicted molar refractivity (Wildman–Crippen MR) is 54.1 cm³/mol. The Hall–Kier alpha value is -1.37. The Labute approximate surface area is 97.0 Å². The van der Waals surface area contributed by atoms with Crippen molar-refractivity contribution in [3.63, 3.8) is 0 Å². The number of aromatic nitrogens is 3. The lowest BCUT2D eigenvalue weighted by Crippen LogP contribution is -2.03. The van der Waals surface area contributed by atoms with Crippen LogP contribution in [0.25, 0.3) is 5.82 Å². The van der Waals surface area contributed by atoms with Gasteiger partial charge in [0.1, 0.15) is 0 Å². The molecular weight excluding hydrogens is 287 g/mol. The van der Waals surface area contributed by atoms with E-state index < -0.39 is 11.7 Å². The highest BCUT2D eigenvalue weighted by Gasteiger charge is 2.32. The summed E-state index contributed by atoms with van der Waals surface area (Å²) in [6, 6.07) is 3.35. The van der Waals surface area contributed by atoms with E-state index in [1.807, 2.05) is 0 Å². The van der Waals surface area contributed by atoms with Crippen molar-refractivity contribution in [1.29, 1.82) is 0 Å². The molecule has 0 unspecified atom stereocenters. The van der Waals surface area contributed by atoms with Gasteiger partial charge in [-0.1, -0.05) is 0 Å². The number of halogens is 4. The van der Waals surface area contributed by atoms with Crippen LogP contribution in [0.1, 0.15) is 5.56 Å². The lowest BCUT2D eigenvalue weighted by atomic mass is 10.3. The molecular formula is C9H5BrF3N3. The average molecular weight is 292 g/mol. The molecule has 2 heterocycles. The summed E-state index contributed by atoms with van der Waals surface area (Å²) >= 11 is 3.19. The third-order valence-electron chi connectivity index (χ3n) is 1.87. The summed E-state index contributed by atoms with van der Waals surface area (Å²) in [4.78, 5) is 3.93. The molecule has 0 spiro atoms. The molecule has 0 saturated carbocycles. The highest BCUT2D eigenvalue weighted by molar-refractivity contribution is 9.10. The monoisotopic (exact) mass is 291 g/mol. The van der Waals surface area contributed by atoms with Crippen LogP contribution < -0.4 is 0 Å². The van der Waals surface area contributed by atoms with E-state index in [2.05, 4.69) is 26.0 Å². The molecule has 0 N–H and O–H groups in total. The summed E-state index contributed by atoms with van der Waals surface area (Å²) in [6.45, 7) is 0. The first-order valence-corrected chi connectivity index (χ1v) is 5.00. The topological polar surface area (TPSA) is 30.7 Å². The Morgan fingerprint density at radius 2 is 2.06 bits per heavy atom. The molecule has 2 rings (SSSR count). The first-order chi connectivity index (χ1) is 7.48. The zero-order valence-electron chi connectivity index (χ0n) is 7.74. The van der Waals surface area contributed by atoms with Crippen molar-refractivity contribution in [2.75, 3.05) is 0 Å². The van der Waals surface area contributed by atoms with Gasteiger partial charge in [0.05, 0.1) is 16.2 Å². The lowest BCUT2D eigenvalue weighted by Gasteiger charge is -2.02. The van der Waals surface area contributed by atoms with Gasteiger partial charge in [0.15, 0.2) is 5.82 Å². The van der Waals surface area contributed by atoms with Crippen LogP contribution >= 0.6 is 15.9 Å². The molecule has 84 valence electrons. The third-order valence-corrected chi connectivity index (χ3v) is 2.48. The van der Waals surface area contributed by atoms with Crippen molar-refractivity contribution >= 4 is 15.9 Å². The maximum Gasteiger partial charge on any atom is 0.419 e. The Bertz CT molecular complexity index is 507. The van der Waals surface area contributed by atoms with Gasteiger partial charge in [-0.15, -0.1) is 0 Å². The Kier molecular flexibility index (Phi) is 2.71. The minimum atomic E-state index is -4.39. The second-order valence-corrected chi connectivity index (χ2v) is 3.83. The lowest BCUT2D eigenvalue weighted by molar-refractivity contribution is -0.137. The Balaban J connectivity index is 2.44. The van der Waals surface area contributed by atoms with E-state index in [0.717, 1.165) is 17.1 Å². The molecule has 0 aliphatic rings. The molecule has 2 aromatic heterocycles. The SMILES string of the molecule is FC(F)(F)c1cnn(-c2ncccc2Br)c1. The van der Waals surface area contributed by atoms with E-state index in [4.69, 9.17) is 0 Å². The molecule has 7 heteroatoms. The van der Waals surface area contributed by atoms with Gasteiger partial charge in [0, 0.05) is 12.4 Å². The van der Waals surface area contributed by atoms with Gasteiger partial charge >= 0.3 is 6.18 Å². The zero-order chi connectivity index (χ0) is 11.8. The van der Waals surface area contributed by atoms with Crippen LogP contribution in [0.2, 0.25) is 0 Å². The maximum atomic E-state index is 12.3. The number of hydrogen-bond acceptors (Lipinski definition) is 2. The van der Waals surface area contributed by atoms with E-state index >= 15 is 0 Å². The van der Waals surface area contributed by atoms with Gasteiger partial charge in [0.25, 0.3) is 0 Å². The molecule has 0 bridgehead atoms. The van der Waals surface area contributed by atoms with Gasteiger partial charge in [-0.25, -0.2) is 9.67 Å². The molecule has 0 saturated heterocycles. The second-order valence-electron chi connectivity index (χ2n) is 2.98. The second kappa shape index (κ2) is 3.89.